The van der Waals surface area contributed by atoms with Crippen LogP contribution in [0.15, 0.2) is 40.5 Å². The first-order chi connectivity index (χ1) is 15.0. The summed E-state index contributed by atoms with van der Waals surface area (Å²) in [7, 11) is -1.66. The molecule has 2 aliphatic carbocycles. The Morgan fingerprint density at radius 3 is 2.62 bits per heavy atom. The standard InChI is InChI=1S/C23H27F2N3O3S/c1-27-10-6-17-15(13-32(2,30)31)11-14-12-28(16-3-7-23(24,25)8-4-16)18-5-9-26-21(19(14)18)20(17)22(27)29/h6,10-12,16,18,26H,3-5,7-9,13H2,1-2H3. The smallest absolute Gasteiger partial charge is 0.260 e. The minimum Gasteiger partial charge on any atom is -0.384 e. The summed E-state index contributed by atoms with van der Waals surface area (Å²) in [5.74, 6) is -2.77. The second-order valence-electron chi connectivity index (χ2n) is 9.40. The van der Waals surface area contributed by atoms with E-state index in [0.717, 1.165) is 23.3 Å². The second kappa shape index (κ2) is 7.30. The SMILES string of the molecule is Cn1ccc2c(c1=O)C1=C3C(=CN(C4CCC(F)(F)CC4)C3CCN1)C=C2CS(C)(=O)=O. The minimum absolute atomic E-state index is 0.00966. The van der Waals surface area contributed by atoms with E-state index in [1.807, 2.05) is 12.3 Å². The summed E-state index contributed by atoms with van der Waals surface area (Å²) in [5.41, 5.74) is 4.10. The lowest BCUT2D eigenvalue weighted by Crippen LogP contribution is -2.45. The number of hydrogen-bond donors (Lipinski definition) is 1. The number of sulfone groups is 1. The molecule has 0 amide bonds. The van der Waals surface area contributed by atoms with Crippen molar-refractivity contribution in [3.63, 3.8) is 0 Å². The van der Waals surface area contributed by atoms with Gasteiger partial charge in [-0.1, -0.05) is 0 Å². The average molecular weight is 464 g/mol. The first-order valence-corrected chi connectivity index (χ1v) is 13.0. The van der Waals surface area contributed by atoms with Crippen molar-refractivity contribution >= 4 is 21.1 Å². The number of hydrogen-bond acceptors (Lipinski definition) is 5. The topological polar surface area (TPSA) is 71.4 Å². The lowest BCUT2D eigenvalue weighted by atomic mass is 9.88. The van der Waals surface area contributed by atoms with E-state index < -0.39 is 15.8 Å². The maximum absolute atomic E-state index is 13.8. The van der Waals surface area contributed by atoms with Crippen molar-refractivity contribution in [2.24, 2.45) is 7.05 Å². The molecule has 0 saturated heterocycles. The molecule has 172 valence electrons. The van der Waals surface area contributed by atoms with Gasteiger partial charge in [0.2, 0.25) is 5.92 Å². The molecule has 1 fully saturated rings. The number of nitrogens with zero attached hydrogens (tertiary/aromatic N) is 2. The van der Waals surface area contributed by atoms with Crippen molar-refractivity contribution in [1.82, 2.24) is 14.8 Å². The number of pyridine rings is 1. The molecular weight excluding hydrogens is 436 g/mol. The summed E-state index contributed by atoms with van der Waals surface area (Å²) >= 11 is 0. The highest BCUT2D eigenvalue weighted by molar-refractivity contribution is 7.91. The molecular formula is C23H27F2N3O3S. The van der Waals surface area contributed by atoms with E-state index >= 15 is 0 Å². The molecule has 1 atom stereocenters. The number of rotatable bonds is 3. The summed E-state index contributed by atoms with van der Waals surface area (Å²) in [6, 6.07) is 1.80. The van der Waals surface area contributed by atoms with Gasteiger partial charge in [0.15, 0.2) is 9.84 Å². The molecule has 1 unspecified atom stereocenters. The molecule has 32 heavy (non-hydrogen) atoms. The lowest BCUT2D eigenvalue weighted by molar-refractivity contribution is -0.0511. The Hall–Kier alpha value is -2.42. The summed E-state index contributed by atoms with van der Waals surface area (Å²) in [4.78, 5) is 15.4. The van der Waals surface area contributed by atoms with Crippen molar-refractivity contribution in [3.05, 3.63) is 57.2 Å². The number of aryl methyl sites for hydroxylation is 1. The van der Waals surface area contributed by atoms with Gasteiger partial charge in [-0.3, -0.25) is 4.79 Å². The fourth-order valence-electron chi connectivity index (χ4n) is 5.52. The van der Waals surface area contributed by atoms with Gasteiger partial charge in [-0.05, 0) is 48.1 Å². The van der Waals surface area contributed by atoms with Crippen LogP contribution in [0, 0.1) is 0 Å². The molecule has 0 spiro atoms. The zero-order valence-electron chi connectivity index (χ0n) is 18.2. The van der Waals surface area contributed by atoms with Gasteiger partial charge in [-0.2, -0.15) is 0 Å². The highest BCUT2D eigenvalue weighted by atomic mass is 32.2. The summed E-state index contributed by atoms with van der Waals surface area (Å²) in [6.45, 7) is 0.656. The van der Waals surface area contributed by atoms with Crippen molar-refractivity contribution in [2.45, 2.75) is 50.1 Å². The molecule has 6 nitrogen and oxygen atoms in total. The van der Waals surface area contributed by atoms with Gasteiger partial charge in [0.1, 0.15) is 0 Å². The molecule has 1 N–H and O–H groups in total. The van der Waals surface area contributed by atoms with Crippen LogP contribution in [-0.4, -0.2) is 54.4 Å². The summed E-state index contributed by atoms with van der Waals surface area (Å²) < 4.78 is 53.5. The number of halogens is 2. The number of nitrogens with one attached hydrogen (secondary N) is 1. The van der Waals surface area contributed by atoms with Crippen LogP contribution in [0.25, 0.3) is 11.3 Å². The maximum atomic E-state index is 13.8. The molecule has 4 aliphatic rings. The zero-order chi connectivity index (χ0) is 22.8. The molecule has 2 aliphatic heterocycles. The van der Waals surface area contributed by atoms with Crippen LogP contribution in [0.4, 0.5) is 8.78 Å². The van der Waals surface area contributed by atoms with Gasteiger partial charge in [-0.25, -0.2) is 17.2 Å². The van der Waals surface area contributed by atoms with Gasteiger partial charge < -0.3 is 14.8 Å². The third-order valence-electron chi connectivity index (χ3n) is 7.00. The Morgan fingerprint density at radius 1 is 1.22 bits per heavy atom. The van der Waals surface area contributed by atoms with E-state index in [0.29, 0.717) is 36.1 Å². The third-order valence-corrected chi connectivity index (χ3v) is 7.84. The fourth-order valence-corrected chi connectivity index (χ4v) is 6.33. The van der Waals surface area contributed by atoms with E-state index in [2.05, 4.69) is 10.2 Å². The van der Waals surface area contributed by atoms with Gasteiger partial charge >= 0.3 is 0 Å². The highest BCUT2D eigenvalue weighted by Crippen LogP contribution is 2.45. The van der Waals surface area contributed by atoms with Gasteiger partial charge in [0.25, 0.3) is 5.56 Å². The molecule has 9 heteroatoms. The molecule has 0 radical (unpaired) electrons. The lowest BCUT2D eigenvalue weighted by Gasteiger charge is -2.40. The van der Waals surface area contributed by atoms with Gasteiger partial charge in [0, 0.05) is 56.7 Å². The van der Waals surface area contributed by atoms with E-state index in [1.54, 1.807) is 19.3 Å². The van der Waals surface area contributed by atoms with Crippen LogP contribution in [0.2, 0.25) is 0 Å². The third kappa shape index (κ3) is 3.60. The number of allylic oxidation sites excluding steroid dienone is 1. The number of alkyl halides is 2. The van der Waals surface area contributed by atoms with Crippen LogP contribution in [-0.2, 0) is 16.9 Å². The van der Waals surface area contributed by atoms with Crippen LogP contribution in [0.3, 0.4) is 0 Å². The van der Waals surface area contributed by atoms with Crippen molar-refractivity contribution in [3.8, 4) is 0 Å². The molecule has 3 heterocycles. The molecule has 0 aromatic carbocycles. The van der Waals surface area contributed by atoms with Gasteiger partial charge in [0.05, 0.1) is 23.1 Å². The quantitative estimate of drug-likeness (QED) is 0.747. The Labute approximate surface area is 186 Å². The molecule has 1 aromatic rings. The summed E-state index contributed by atoms with van der Waals surface area (Å²) in [6.07, 6.45) is 8.11. The van der Waals surface area contributed by atoms with Gasteiger partial charge in [-0.15, -0.1) is 0 Å². The highest BCUT2D eigenvalue weighted by Gasteiger charge is 2.43. The molecule has 1 saturated carbocycles. The van der Waals surface area contributed by atoms with E-state index in [4.69, 9.17) is 0 Å². The first-order valence-electron chi connectivity index (χ1n) is 11.0. The molecule has 1 aromatic heterocycles. The minimum atomic E-state index is -3.34. The predicted molar refractivity (Wildman–Crippen MR) is 120 cm³/mol. The Bertz CT molecular complexity index is 1230. The Morgan fingerprint density at radius 2 is 1.94 bits per heavy atom. The van der Waals surface area contributed by atoms with E-state index in [9.17, 15) is 22.0 Å². The van der Waals surface area contributed by atoms with Crippen LogP contribution >= 0.6 is 0 Å². The van der Waals surface area contributed by atoms with Crippen LogP contribution in [0.1, 0.15) is 43.2 Å². The van der Waals surface area contributed by atoms with Crippen molar-refractivity contribution < 1.29 is 17.2 Å². The molecule has 0 bridgehead atoms. The van der Waals surface area contributed by atoms with Crippen molar-refractivity contribution in [1.29, 1.82) is 0 Å². The number of fused-ring (bicyclic) bond motifs is 2. The van der Waals surface area contributed by atoms with E-state index in [-0.39, 0.29) is 36.2 Å². The first kappa shape index (κ1) is 21.4. The Kier molecular flexibility index (Phi) is 4.89. The average Bonchev–Trinajstić information content (AvgIpc) is 3.01. The predicted octanol–water partition coefficient (Wildman–Crippen LogP) is 2.68. The zero-order valence-corrected chi connectivity index (χ0v) is 19.0. The maximum Gasteiger partial charge on any atom is 0.260 e. The molecule has 5 rings (SSSR count). The van der Waals surface area contributed by atoms with Crippen molar-refractivity contribution in [2.75, 3.05) is 18.6 Å². The largest absolute Gasteiger partial charge is 0.384 e. The number of aromatic nitrogens is 1. The normalized spacial score (nSPS) is 24.9. The second-order valence-corrected chi connectivity index (χ2v) is 11.5. The van der Waals surface area contributed by atoms with Crippen LogP contribution < -0.4 is 10.9 Å². The van der Waals surface area contributed by atoms with Crippen LogP contribution in [0.5, 0.6) is 0 Å². The monoisotopic (exact) mass is 463 g/mol. The Balaban J connectivity index is 1.67. The van der Waals surface area contributed by atoms with E-state index in [1.165, 1.54) is 10.8 Å². The summed E-state index contributed by atoms with van der Waals surface area (Å²) in [5, 5.41) is 3.40. The fraction of sp³-hybridized carbons (Fsp3) is 0.522.